The Morgan fingerprint density at radius 1 is 0.531 bits per heavy atom. The molecule has 0 saturated heterocycles. The third-order valence-corrected chi connectivity index (χ3v) is 6.49. The summed E-state index contributed by atoms with van der Waals surface area (Å²) in [6, 6.07) is -1.04. The van der Waals surface area contributed by atoms with Crippen molar-refractivity contribution in [1.29, 1.82) is 0 Å². The Balaban J connectivity index is 6.41. The minimum atomic E-state index is -8.58. The summed E-state index contributed by atoms with van der Waals surface area (Å²) in [6.45, 7) is 2.61. The first-order valence-electron chi connectivity index (χ1n) is 8.15. The summed E-state index contributed by atoms with van der Waals surface area (Å²) in [4.78, 5) is 2.43. The van der Waals surface area contributed by atoms with Crippen LogP contribution in [0.2, 0.25) is 12.6 Å². The summed E-state index contributed by atoms with van der Waals surface area (Å²) >= 11 is 0. The molecule has 1 N–H and O–H groups in total. The molecule has 194 valence electrons. The molecule has 0 aromatic carbocycles. The van der Waals surface area contributed by atoms with Gasteiger partial charge in [-0.1, -0.05) is 13.5 Å². The highest BCUT2D eigenvalue weighted by Gasteiger charge is 2.95. The highest BCUT2D eigenvalue weighted by Crippen LogP contribution is 2.64. The fourth-order valence-electron chi connectivity index (χ4n) is 2.20. The Hall–Kier alpha value is -1.01. The van der Waals surface area contributed by atoms with E-state index in [1.807, 2.05) is 0 Å². The Bertz CT molecular complexity index is 641. The fourth-order valence-corrected chi connectivity index (χ4v) is 3.90. The van der Waals surface area contributed by atoms with Crippen LogP contribution in [0.3, 0.4) is 0 Å². The molecule has 1 unspecified atom stereocenters. The molecule has 0 spiro atoms. The number of hydrogen-bond acceptors (Lipinski definition) is 1. The van der Waals surface area contributed by atoms with Crippen LogP contribution in [0.5, 0.6) is 0 Å². The maximum absolute atomic E-state index is 13.6. The van der Waals surface area contributed by atoms with Crippen molar-refractivity contribution in [1.82, 2.24) is 4.98 Å². The smallest absolute Gasteiger partial charge is 0.340 e. The average molecular weight is 535 g/mol. The Morgan fingerprint density at radius 2 is 0.844 bits per heavy atom. The summed E-state index contributed by atoms with van der Waals surface area (Å²) in [5.74, 6) is -55.7. The van der Waals surface area contributed by atoms with E-state index in [2.05, 4.69) is 4.98 Å². The summed E-state index contributed by atoms with van der Waals surface area (Å²) in [6.07, 6.45) is -10.1. The van der Waals surface area contributed by atoms with E-state index in [1.54, 1.807) is 0 Å². The first-order chi connectivity index (χ1) is 13.7. The molecule has 1 nitrogen and oxygen atoms in total. The molecule has 0 saturated carbocycles. The van der Waals surface area contributed by atoms with Gasteiger partial charge < -0.3 is 4.98 Å². The van der Waals surface area contributed by atoms with E-state index >= 15 is 0 Å². The van der Waals surface area contributed by atoms with Crippen LogP contribution in [0.15, 0.2) is 0 Å². The van der Waals surface area contributed by atoms with Crippen molar-refractivity contribution in [2.24, 2.45) is 0 Å². The van der Waals surface area contributed by atoms with Crippen LogP contribution in [-0.4, -0.2) is 63.1 Å². The van der Waals surface area contributed by atoms with E-state index in [1.165, 1.54) is 6.92 Å². The molecular weight excluding hydrogens is 521 g/mol. The van der Waals surface area contributed by atoms with Gasteiger partial charge >= 0.3 is 47.6 Å². The SMILES string of the molecule is CCN[SiH](C)CCC(F)(F)C(F)(F)C(F)(F)C(F)(F)C(F)(F)C(F)(F)C(F)(F)C(F)(F)F. The second-order valence-electron chi connectivity index (χ2n) is 6.65. The molecule has 0 fully saturated rings. The average Bonchev–Trinajstić information content (AvgIpc) is 2.58. The van der Waals surface area contributed by atoms with Gasteiger partial charge in [0.15, 0.2) is 0 Å². The van der Waals surface area contributed by atoms with Crippen molar-refractivity contribution in [3.63, 3.8) is 0 Å². The predicted octanol–water partition coefficient (Wildman–Crippen LogP) is 6.35. The minimum absolute atomic E-state index is 0.0678. The molecule has 0 rings (SSSR count). The lowest BCUT2D eigenvalue weighted by Crippen LogP contribution is -2.74. The molecule has 19 heteroatoms. The fraction of sp³-hybridized carbons (Fsp3) is 1.00. The molecule has 0 aliphatic rings. The molecule has 0 bridgehead atoms. The van der Waals surface area contributed by atoms with Crippen LogP contribution >= 0.6 is 0 Å². The van der Waals surface area contributed by atoms with Gasteiger partial charge in [0.05, 0.1) is 0 Å². The van der Waals surface area contributed by atoms with Gasteiger partial charge in [0.1, 0.15) is 8.96 Å². The molecule has 1 atom stereocenters. The van der Waals surface area contributed by atoms with Gasteiger partial charge in [-0.2, -0.15) is 74.6 Å². The van der Waals surface area contributed by atoms with E-state index in [4.69, 9.17) is 0 Å². The zero-order chi connectivity index (χ0) is 26.4. The van der Waals surface area contributed by atoms with E-state index in [0.717, 1.165) is 6.55 Å². The summed E-state index contributed by atoms with van der Waals surface area (Å²) in [7, 11) is -2.56. The minimum Gasteiger partial charge on any atom is -0.340 e. The summed E-state index contributed by atoms with van der Waals surface area (Å²) in [5, 5.41) is 0. The van der Waals surface area contributed by atoms with Crippen molar-refractivity contribution in [2.45, 2.75) is 73.6 Å². The van der Waals surface area contributed by atoms with Gasteiger partial charge in [-0.25, -0.2) is 0 Å². The maximum atomic E-state index is 13.6. The molecule has 0 heterocycles. The molecule has 0 aliphatic heterocycles. The number of hydrogen-bond donors (Lipinski definition) is 1. The molecule has 0 radical (unpaired) electrons. The van der Waals surface area contributed by atoms with Crippen molar-refractivity contribution in [3.05, 3.63) is 0 Å². The van der Waals surface area contributed by atoms with E-state index in [0.29, 0.717) is 0 Å². The van der Waals surface area contributed by atoms with Gasteiger partial charge in [0.2, 0.25) is 0 Å². The van der Waals surface area contributed by atoms with Gasteiger partial charge in [-0.3, -0.25) is 0 Å². The lowest BCUT2D eigenvalue weighted by Gasteiger charge is -2.42. The zero-order valence-corrected chi connectivity index (χ0v) is 16.8. The number of rotatable bonds is 11. The van der Waals surface area contributed by atoms with Gasteiger partial charge in [-0.05, 0) is 12.6 Å². The second kappa shape index (κ2) is 8.64. The van der Waals surface area contributed by atoms with Crippen LogP contribution in [0.4, 0.5) is 74.6 Å². The van der Waals surface area contributed by atoms with E-state index in [-0.39, 0.29) is 6.54 Å². The monoisotopic (exact) mass is 535 g/mol. The number of halogens is 17. The summed E-state index contributed by atoms with van der Waals surface area (Å²) in [5.41, 5.74) is 0. The Morgan fingerprint density at radius 3 is 1.16 bits per heavy atom. The van der Waals surface area contributed by atoms with Crippen molar-refractivity contribution < 1.29 is 74.6 Å². The molecule has 0 aromatic rings. The van der Waals surface area contributed by atoms with Gasteiger partial charge in [-0.15, -0.1) is 0 Å². The van der Waals surface area contributed by atoms with E-state index < -0.39 is 69.1 Å². The standard InChI is InChI=1S/C13H14F17NSi/c1-3-31-32(2)5-4-6(14,15)7(16,17)8(18,19)9(20,21)10(22,23)11(24,25)12(26,27)13(28,29)30/h31-32H,3-5H2,1-2H3. The first-order valence-corrected chi connectivity index (χ1v) is 10.7. The van der Waals surface area contributed by atoms with Crippen LogP contribution in [0.1, 0.15) is 13.3 Å². The number of nitrogens with one attached hydrogen (secondary N) is 1. The third-order valence-electron chi connectivity index (χ3n) is 4.23. The Labute approximate surface area is 170 Å². The lowest BCUT2D eigenvalue weighted by atomic mass is 9.88. The van der Waals surface area contributed by atoms with Gasteiger partial charge in [0.25, 0.3) is 0 Å². The van der Waals surface area contributed by atoms with Crippen molar-refractivity contribution in [3.8, 4) is 0 Å². The summed E-state index contributed by atoms with van der Waals surface area (Å²) < 4.78 is 222. The normalized spacial score (nSPS) is 17.0. The van der Waals surface area contributed by atoms with Crippen LogP contribution < -0.4 is 4.98 Å². The maximum Gasteiger partial charge on any atom is 0.460 e. The van der Waals surface area contributed by atoms with Crippen molar-refractivity contribution in [2.75, 3.05) is 6.54 Å². The molecular formula is C13H14F17NSi. The molecule has 0 aromatic heterocycles. The first kappa shape index (κ1) is 31.0. The van der Waals surface area contributed by atoms with Gasteiger partial charge in [0, 0.05) is 6.42 Å². The highest BCUT2D eigenvalue weighted by molar-refractivity contribution is 6.54. The largest absolute Gasteiger partial charge is 0.460 e. The second-order valence-corrected chi connectivity index (χ2v) is 9.43. The topological polar surface area (TPSA) is 12.0 Å². The van der Waals surface area contributed by atoms with E-state index in [9.17, 15) is 74.6 Å². The quantitative estimate of drug-likeness (QED) is 0.240. The van der Waals surface area contributed by atoms with Crippen LogP contribution in [0.25, 0.3) is 0 Å². The zero-order valence-electron chi connectivity index (χ0n) is 15.6. The van der Waals surface area contributed by atoms with Crippen LogP contribution in [0, 0.1) is 0 Å². The van der Waals surface area contributed by atoms with Crippen molar-refractivity contribution >= 4 is 8.96 Å². The molecule has 0 aliphatic carbocycles. The Kier molecular flexibility index (Phi) is 8.37. The predicted molar refractivity (Wildman–Crippen MR) is 76.8 cm³/mol. The molecule has 0 amide bonds. The van der Waals surface area contributed by atoms with Crippen LogP contribution in [-0.2, 0) is 0 Å². The number of alkyl halides is 17. The highest BCUT2D eigenvalue weighted by atomic mass is 28.3. The molecule has 32 heavy (non-hydrogen) atoms. The third kappa shape index (κ3) is 4.51. The lowest BCUT2D eigenvalue weighted by molar-refractivity contribution is -0.461.